The van der Waals surface area contributed by atoms with Crippen LogP contribution < -0.4 is 4.90 Å². The van der Waals surface area contributed by atoms with Crippen LogP contribution in [0.5, 0.6) is 0 Å². The molecule has 0 atom stereocenters. The van der Waals surface area contributed by atoms with Crippen molar-refractivity contribution < 1.29 is 0 Å². The zero-order valence-corrected chi connectivity index (χ0v) is 10.1. The van der Waals surface area contributed by atoms with Gasteiger partial charge in [-0.1, -0.05) is 37.4 Å². The van der Waals surface area contributed by atoms with Gasteiger partial charge in [0, 0.05) is 17.4 Å². The van der Waals surface area contributed by atoms with Gasteiger partial charge in [-0.25, -0.2) is 0 Å². The number of rotatable bonds is 5. The number of nitrogens with zero attached hydrogens (tertiary/aromatic N) is 1. The standard InChI is InChI=1S/C15H19N/c1-5-10-14(6-2)16(13(3)4)15-11-8-7-9-12-15/h5-13H,1-2H2,3-4H3/b14-10+. The second-order valence-corrected chi connectivity index (χ2v) is 3.83. The van der Waals surface area contributed by atoms with Gasteiger partial charge >= 0.3 is 0 Å². The maximum absolute atomic E-state index is 3.85. The van der Waals surface area contributed by atoms with E-state index in [1.54, 1.807) is 6.08 Å². The van der Waals surface area contributed by atoms with Gasteiger partial charge in [-0.3, -0.25) is 0 Å². The lowest BCUT2D eigenvalue weighted by Crippen LogP contribution is -2.29. The molecule has 0 N–H and O–H groups in total. The average Bonchev–Trinajstić information content (AvgIpc) is 2.29. The molecular weight excluding hydrogens is 194 g/mol. The summed E-state index contributed by atoms with van der Waals surface area (Å²) in [5.74, 6) is 0. The lowest BCUT2D eigenvalue weighted by atomic mass is 10.2. The Morgan fingerprint density at radius 2 is 1.81 bits per heavy atom. The zero-order valence-electron chi connectivity index (χ0n) is 10.1. The maximum atomic E-state index is 3.85. The van der Waals surface area contributed by atoms with Crippen molar-refractivity contribution in [2.75, 3.05) is 4.90 Å². The summed E-state index contributed by atoms with van der Waals surface area (Å²) in [6.07, 6.45) is 5.62. The zero-order chi connectivity index (χ0) is 12.0. The minimum absolute atomic E-state index is 0.381. The lowest BCUT2D eigenvalue weighted by Gasteiger charge is -2.29. The summed E-state index contributed by atoms with van der Waals surface area (Å²) in [7, 11) is 0. The van der Waals surface area contributed by atoms with E-state index in [0.717, 1.165) is 5.70 Å². The molecule has 0 fully saturated rings. The summed E-state index contributed by atoms with van der Waals surface area (Å²) in [5, 5.41) is 0. The Bertz CT molecular complexity index is 374. The molecule has 84 valence electrons. The Kier molecular flexibility index (Phi) is 4.59. The Balaban J connectivity index is 3.14. The van der Waals surface area contributed by atoms with Crippen molar-refractivity contribution in [2.45, 2.75) is 19.9 Å². The highest BCUT2D eigenvalue weighted by Crippen LogP contribution is 2.22. The molecule has 16 heavy (non-hydrogen) atoms. The van der Waals surface area contributed by atoms with Crippen molar-refractivity contribution in [1.82, 2.24) is 0 Å². The van der Waals surface area contributed by atoms with Crippen LogP contribution in [-0.4, -0.2) is 6.04 Å². The molecule has 0 unspecified atom stereocenters. The van der Waals surface area contributed by atoms with Crippen LogP contribution in [0, 0.1) is 0 Å². The first-order valence-corrected chi connectivity index (χ1v) is 5.50. The van der Waals surface area contributed by atoms with Gasteiger partial charge in [-0.05, 0) is 38.1 Å². The highest BCUT2D eigenvalue weighted by atomic mass is 15.2. The van der Waals surface area contributed by atoms with E-state index in [-0.39, 0.29) is 0 Å². The van der Waals surface area contributed by atoms with E-state index in [0.29, 0.717) is 6.04 Å². The number of hydrogen-bond acceptors (Lipinski definition) is 1. The number of allylic oxidation sites excluding steroid dienone is 3. The van der Waals surface area contributed by atoms with Gasteiger partial charge in [-0.15, -0.1) is 0 Å². The fourth-order valence-electron chi connectivity index (χ4n) is 1.70. The van der Waals surface area contributed by atoms with Gasteiger partial charge in [0.05, 0.1) is 0 Å². The van der Waals surface area contributed by atoms with Gasteiger partial charge in [0.25, 0.3) is 0 Å². The Morgan fingerprint density at radius 1 is 1.19 bits per heavy atom. The number of anilines is 1. The summed E-state index contributed by atoms with van der Waals surface area (Å²) in [6, 6.07) is 10.7. The van der Waals surface area contributed by atoms with Crippen molar-refractivity contribution in [3.63, 3.8) is 0 Å². The molecule has 0 heterocycles. The molecule has 1 rings (SSSR count). The third-order valence-electron chi connectivity index (χ3n) is 2.33. The van der Waals surface area contributed by atoms with Crippen LogP contribution in [0.15, 0.2) is 67.4 Å². The first-order chi connectivity index (χ1) is 7.70. The highest BCUT2D eigenvalue weighted by Gasteiger charge is 2.12. The Morgan fingerprint density at radius 3 is 2.25 bits per heavy atom. The monoisotopic (exact) mass is 213 g/mol. The van der Waals surface area contributed by atoms with E-state index in [2.05, 4.69) is 44.0 Å². The third kappa shape index (κ3) is 2.86. The predicted octanol–water partition coefficient (Wildman–Crippen LogP) is 4.16. The molecule has 0 amide bonds. The summed E-state index contributed by atoms with van der Waals surface area (Å²) < 4.78 is 0. The molecule has 1 aromatic carbocycles. The molecule has 1 aromatic rings. The summed E-state index contributed by atoms with van der Waals surface area (Å²) >= 11 is 0. The summed E-state index contributed by atoms with van der Waals surface area (Å²) in [4.78, 5) is 2.23. The average molecular weight is 213 g/mol. The van der Waals surface area contributed by atoms with Crippen molar-refractivity contribution in [3.8, 4) is 0 Å². The van der Waals surface area contributed by atoms with Gasteiger partial charge in [0.2, 0.25) is 0 Å². The maximum Gasteiger partial charge on any atom is 0.0413 e. The molecule has 0 aliphatic rings. The third-order valence-corrected chi connectivity index (χ3v) is 2.33. The van der Waals surface area contributed by atoms with Crippen LogP contribution in [0.4, 0.5) is 5.69 Å². The predicted molar refractivity (Wildman–Crippen MR) is 72.5 cm³/mol. The molecule has 0 aliphatic heterocycles. The Labute approximate surface area is 98.4 Å². The van der Waals surface area contributed by atoms with Crippen molar-refractivity contribution in [3.05, 3.63) is 67.4 Å². The quantitative estimate of drug-likeness (QED) is 0.664. The molecule has 1 heteroatoms. The summed E-state index contributed by atoms with van der Waals surface area (Å²) in [5.41, 5.74) is 2.24. The van der Waals surface area contributed by atoms with E-state index in [1.165, 1.54) is 5.69 Å². The molecule has 0 aliphatic carbocycles. The highest BCUT2D eigenvalue weighted by molar-refractivity contribution is 5.55. The van der Waals surface area contributed by atoms with E-state index in [9.17, 15) is 0 Å². The molecule has 0 saturated carbocycles. The summed E-state index contributed by atoms with van der Waals surface area (Å²) in [6.45, 7) is 11.9. The molecule has 0 bridgehead atoms. The SMILES string of the molecule is C=C/C=C(\C=C)N(c1ccccc1)C(C)C. The van der Waals surface area contributed by atoms with Crippen LogP contribution in [0.1, 0.15) is 13.8 Å². The normalized spacial score (nSPS) is 11.3. The second kappa shape index (κ2) is 5.96. The van der Waals surface area contributed by atoms with Gasteiger partial charge in [0.1, 0.15) is 0 Å². The number of para-hydroxylation sites is 1. The molecule has 0 radical (unpaired) electrons. The molecular formula is C15H19N. The Hall–Kier alpha value is -1.76. The smallest absolute Gasteiger partial charge is 0.0413 e. The molecule has 0 spiro atoms. The fraction of sp³-hybridized carbons (Fsp3) is 0.200. The molecule has 0 saturated heterocycles. The van der Waals surface area contributed by atoms with Gasteiger partial charge in [0.15, 0.2) is 0 Å². The molecule has 0 aromatic heterocycles. The fourth-order valence-corrected chi connectivity index (χ4v) is 1.70. The van der Waals surface area contributed by atoms with Crippen LogP contribution in [-0.2, 0) is 0 Å². The lowest BCUT2D eigenvalue weighted by molar-refractivity contribution is 0.764. The topological polar surface area (TPSA) is 3.24 Å². The van der Waals surface area contributed by atoms with Crippen LogP contribution >= 0.6 is 0 Å². The minimum Gasteiger partial charge on any atom is -0.339 e. The first-order valence-electron chi connectivity index (χ1n) is 5.50. The van der Waals surface area contributed by atoms with E-state index in [1.807, 2.05) is 30.4 Å². The van der Waals surface area contributed by atoms with Crippen molar-refractivity contribution in [2.24, 2.45) is 0 Å². The number of hydrogen-bond donors (Lipinski definition) is 0. The van der Waals surface area contributed by atoms with Gasteiger partial charge < -0.3 is 4.90 Å². The largest absolute Gasteiger partial charge is 0.339 e. The van der Waals surface area contributed by atoms with Crippen LogP contribution in [0.2, 0.25) is 0 Å². The second-order valence-electron chi connectivity index (χ2n) is 3.83. The van der Waals surface area contributed by atoms with E-state index < -0.39 is 0 Å². The van der Waals surface area contributed by atoms with Crippen molar-refractivity contribution in [1.29, 1.82) is 0 Å². The van der Waals surface area contributed by atoms with E-state index in [4.69, 9.17) is 0 Å². The van der Waals surface area contributed by atoms with E-state index >= 15 is 0 Å². The van der Waals surface area contributed by atoms with Crippen LogP contribution in [0.3, 0.4) is 0 Å². The minimum atomic E-state index is 0.381. The number of benzene rings is 1. The first kappa shape index (κ1) is 12.3. The van der Waals surface area contributed by atoms with Crippen molar-refractivity contribution >= 4 is 5.69 Å². The van der Waals surface area contributed by atoms with Crippen LogP contribution in [0.25, 0.3) is 0 Å². The molecule has 1 nitrogen and oxygen atoms in total. The van der Waals surface area contributed by atoms with Gasteiger partial charge in [-0.2, -0.15) is 0 Å².